The van der Waals surface area contributed by atoms with Crippen LogP contribution in [-0.4, -0.2) is 28.5 Å². The molecular formula is C10H17N3S2. The second-order valence-electron chi connectivity index (χ2n) is 3.84. The van der Waals surface area contributed by atoms with Gasteiger partial charge in [-0.1, -0.05) is 42.4 Å². The van der Waals surface area contributed by atoms with E-state index in [1.54, 1.807) is 28.6 Å². The van der Waals surface area contributed by atoms with Gasteiger partial charge in [-0.25, -0.2) is 0 Å². The maximum absolute atomic E-state index is 4.00. The average Bonchev–Trinajstić information content (AvgIpc) is 2.79. The molecule has 0 aromatic carbocycles. The Morgan fingerprint density at radius 2 is 2.27 bits per heavy atom. The zero-order chi connectivity index (χ0) is 10.3. The summed E-state index contributed by atoms with van der Waals surface area (Å²) in [5.41, 5.74) is 1.79. The summed E-state index contributed by atoms with van der Waals surface area (Å²) in [5, 5.41) is 11.4. The Bertz CT molecular complexity index is 258. The Morgan fingerprint density at radius 1 is 1.40 bits per heavy atom. The molecule has 0 aliphatic heterocycles. The van der Waals surface area contributed by atoms with Crippen LogP contribution in [0.25, 0.3) is 0 Å². The van der Waals surface area contributed by atoms with Crippen molar-refractivity contribution in [3.63, 3.8) is 0 Å². The normalized spacial score (nSPS) is 18.1. The fourth-order valence-corrected chi connectivity index (χ4v) is 3.36. The Hall–Kier alpha value is -0.130. The van der Waals surface area contributed by atoms with Gasteiger partial charge < -0.3 is 5.32 Å². The second kappa shape index (κ2) is 6.45. The molecule has 0 bridgehead atoms. The first kappa shape index (κ1) is 11.4. The molecule has 5 heteroatoms. The van der Waals surface area contributed by atoms with Crippen molar-refractivity contribution >= 4 is 23.1 Å². The van der Waals surface area contributed by atoms with Crippen molar-refractivity contribution in [3.05, 3.63) is 5.51 Å². The van der Waals surface area contributed by atoms with E-state index in [1.807, 2.05) is 0 Å². The van der Waals surface area contributed by atoms with Gasteiger partial charge in [0.05, 0.1) is 0 Å². The smallest absolute Gasteiger partial charge is 0.174 e. The molecular weight excluding hydrogens is 226 g/mol. The Balaban J connectivity index is 1.54. The van der Waals surface area contributed by atoms with E-state index in [-0.39, 0.29) is 0 Å². The number of hydrogen-bond donors (Lipinski definition) is 1. The molecule has 0 radical (unpaired) electrons. The molecule has 0 atom stereocenters. The van der Waals surface area contributed by atoms with Crippen molar-refractivity contribution in [2.75, 3.05) is 12.3 Å². The number of rotatable bonds is 5. The van der Waals surface area contributed by atoms with E-state index in [0.717, 1.165) is 22.7 Å². The molecule has 1 N–H and O–H groups in total. The minimum Gasteiger partial charge on any atom is -0.313 e. The Labute approximate surface area is 99.1 Å². The van der Waals surface area contributed by atoms with Gasteiger partial charge in [0.25, 0.3) is 0 Å². The van der Waals surface area contributed by atoms with Crippen molar-refractivity contribution in [2.24, 2.45) is 0 Å². The van der Waals surface area contributed by atoms with Gasteiger partial charge >= 0.3 is 0 Å². The minimum absolute atomic E-state index is 0.772. The molecule has 0 spiro atoms. The summed E-state index contributed by atoms with van der Waals surface area (Å²) in [5.74, 6) is 1.10. The average molecular weight is 243 g/mol. The van der Waals surface area contributed by atoms with Crippen molar-refractivity contribution < 1.29 is 0 Å². The molecule has 1 aromatic heterocycles. The second-order valence-corrected chi connectivity index (χ2v) is 6.02. The molecule has 1 fully saturated rings. The summed E-state index contributed by atoms with van der Waals surface area (Å²) in [6, 6.07) is 0.772. The first-order chi connectivity index (χ1) is 7.45. The van der Waals surface area contributed by atoms with Gasteiger partial charge in [-0.15, -0.1) is 10.2 Å². The highest BCUT2D eigenvalue weighted by Gasteiger charge is 2.11. The monoisotopic (exact) mass is 243 g/mol. The molecule has 3 nitrogen and oxygen atoms in total. The molecule has 1 aliphatic rings. The van der Waals surface area contributed by atoms with Crippen LogP contribution in [0.1, 0.15) is 32.1 Å². The van der Waals surface area contributed by atoms with E-state index >= 15 is 0 Å². The number of hydrogen-bond acceptors (Lipinski definition) is 5. The third kappa shape index (κ3) is 4.09. The van der Waals surface area contributed by atoms with Crippen LogP contribution in [0.15, 0.2) is 9.85 Å². The SMILES string of the molecule is c1nnc(SCCNC2CCCCC2)s1. The van der Waals surface area contributed by atoms with Gasteiger partial charge in [0, 0.05) is 18.3 Å². The standard InChI is InChI=1S/C10H17N3S2/c1-2-4-9(5-3-1)11-6-7-14-10-13-12-8-15-10/h8-9,11H,1-7H2. The first-order valence-corrected chi connectivity index (χ1v) is 7.44. The van der Waals surface area contributed by atoms with E-state index < -0.39 is 0 Å². The summed E-state index contributed by atoms with van der Waals surface area (Å²) in [4.78, 5) is 0. The quantitative estimate of drug-likeness (QED) is 0.637. The number of aromatic nitrogens is 2. The molecule has 15 heavy (non-hydrogen) atoms. The highest BCUT2D eigenvalue weighted by molar-refractivity contribution is 8.01. The van der Waals surface area contributed by atoms with Crippen LogP contribution >= 0.6 is 23.1 Å². The van der Waals surface area contributed by atoms with Crippen LogP contribution in [0.5, 0.6) is 0 Å². The van der Waals surface area contributed by atoms with Gasteiger partial charge in [0.15, 0.2) is 4.34 Å². The third-order valence-corrected chi connectivity index (χ3v) is 4.57. The van der Waals surface area contributed by atoms with Crippen molar-refractivity contribution in [1.29, 1.82) is 0 Å². The van der Waals surface area contributed by atoms with Crippen LogP contribution in [0.2, 0.25) is 0 Å². The Morgan fingerprint density at radius 3 is 3.00 bits per heavy atom. The third-order valence-electron chi connectivity index (χ3n) is 2.71. The number of thioether (sulfide) groups is 1. The molecule has 1 saturated carbocycles. The van der Waals surface area contributed by atoms with Crippen molar-refractivity contribution in [2.45, 2.75) is 42.5 Å². The summed E-state index contributed by atoms with van der Waals surface area (Å²) in [6.45, 7) is 1.09. The van der Waals surface area contributed by atoms with Crippen LogP contribution in [-0.2, 0) is 0 Å². The maximum atomic E-state index is 4.00. The zero-order valence-corrected chi connectivity index (χ0v) is 10.4. The lowest BCUT2D eigenvalue weighted by atomic mass is 9.96. The molecule has 2 rings (SSSR count). The summed E-state index contributed by atoms with van der Waals surface area (Å²) in [6.07, 6.45) is 6.97. The van der Waals surface area contributed by atoms with Gasteiger partial charge in [-0.3, -0.25) is 0 Å². The highest BCUT2D eigenvalue weighted by atomic mass is 32.2. The topological polar surface area (TPSA) is 37.8 Å². The zero-order valence-electron chi connectivity index (χ0n) is 8.82. The molecule has 1 aliphatic carbocycles. The van der Waals surface area contributed by atoms with Gasteiger partial charge in [-0.05, 0) is 12.8 Å². The molecule has 0 saturated heterocycles. The van der Waals surface area contributed by atoms with Gasteiger partial charge in [0.2, 0.25) is 0 Å². The van der Waals surface area contributed by atoms with Gasteiger partial charge in [-0.2, -0.15) is 0 Å². The fraction of sp³-hybridized carbons (Fsp3) is 0.800. The lowest BCUT2D eigenvalue weighted by Crippen LogP contribution is -2.32. The van der Waals surface area contributed by atoms with E-state index in [2.05, 4.69) is 15.5 Å². The lowest BCUT2D eigenvalue weighted by molar-refractivity contribution is 0.381. The maximum Gasteiger partial charge on any atom is 0.174 e. The van der Waals surface area contributed by atoms with Crippen LogP contribution in [0, 0.1) is 0 Å². The van der Waals surface area contributed by atoms with E-state index in [4.69, 9.17) is 0 Å². The number of nitrogens with one attached hydrogen (secondary N) is 1. The van der Waals surface area contributed by atoms with Crippen LogP contribution in [0.4, 0.5) is 0 Å². The summed E-state index contributed by atoms with van der Waals surface area (Å²) in [7, 11) is 0. The minimum atomic E-state index is 0.772. The lowest BCUT2D eigenvalue weighted by Gasteiger charge is -2.22. The molecule has 1 aromatic rings. The Kier molecular flexibility index (Phi) is 4.89. The van der Waals surface area contributed by atoms with E-state index in [1.165, 1.54) is 32.1 Å². The summed E-state index contributed by atoms with van der Waals surface area (Å²) >= 11 is 3.42. The van der Waals surface area contributed by atoms with Crippen LogP contribution in [0.3, 0.4) is 0 Å². The van der Waals surface area contributed by atoms with Gasteiger partial charge in [0.1, 0.15) is 5.51 Å². The highest BCUT2D eigenvalue weighted by Crippen LogP contribution is 2.19. The van der Waals surface area contributed by atoms with Crippen LogP contribution < -0.4 is 5.32 Å². The molecule has 0 unspecified atom stereocenters. The molecule has 0 amide bonds. The van der Waals surface area contributed by atoms with E-state index in [0.29, 0.717) is 0 Å². The first-order valence-electron chi connectivity index (χ1n) is 5.57. The largest absolute Gasteiger partial charge is 0.313 e. The van der Waals surface area contributed by atoms with Crippen molar-refractivity contribution in [3.8, 4) is 0 Å². The van der Waals surface area contributed by atoms with Crippen molar-refractivity contribution in [1.82, 2.24) is 15.5 Å². The molecule has 1 heterocycles. The predicted octanol–water partition coefficient (Wildman–Crippen LogP) is 2.55. The molecule has 84 valence electrons. The van der Waals surface area contributed by atoms with E-state index in [9.17, 15) is 0 Å². The summed E-state index contributed by atoms with van der Waals surface area (Å²) < 4.78 is 1.08. The predicted molar refractivity (Wildman–Crippen MR) is 65.5 cm³/mol. The number of nitrogens with zero attached hydrogens (tertiary/aromatic N) is 2. The fourth-order valence-electron chi connectivity index (χ4n) is 1.93.